The molecule has 1 aromatic heterocycles. The number of amides is 1. The van der Waals surface area contributed by atoms with Gasteiger partial charge in [-0.25, -0.2) is 0 Å². The van der Waals surface area contributed by atoms with E-state index in [1.54, 1.807) is 0 Å². The molecule has 3 atom stereocenters. The molecule has 104 valence electrons. The van der Waals surface area contributed by atoms with E-state index in [4.69, 9.17) is 4.52 Å². The normalized spacial score (nSPS) is 29.7. The summed E-state index contributed by atoms with van der Waals surface area (Å²) in [6, 6.07) is 0. The first-order valence-corrected chi connectivity index (χ1v) is 7.08. The zero-order chi connectivity index (χ0) is 13.6. The van der Waals surface area contributed by atoms with Gasteiger partial charge in [-0.1, -0.05) is 11.6 Å². The Balaban J connectivity index is 1.78. The zero-order valence-corrected chi connectivity index (χ0v) is 11.8. The number of rotatable bonds is 3. The molecule has 5 nitrogen and oxygen atoms in total. The summed E-state index contributed by atoms with van der Waals surface area (Å²) in [7, 11) is 0. The molecule has 2 aliphatic carbocycles. The van der Waals surface area contributed by atoms with Crippen LogP contribution in [0.4, 0.5) is 0 Å². The SMILES string of the molecule is CC(=O)NC(C)(C)c1noc([C@H]2C[C@H]3CC[C@H]2C3)n1. The van der Waals surface area contributed by atoms with E-state index in [1.165, 1.54) is 32.6 Å². The maximum Gasteiger partial charge on any atom is 0.230 e. The summed E-state index contributed by atoms with van der Waals surface area (Å²) in [5.74, 6) is 3.27. The number of nitrogens with one attached hydrogen (secondary N) is 1. The summed E-state index contributed by atoms with van der Waals surface area (Å²) in [5, 5.41) is 6.92. The third-order valence-corrected chi connectivity index (χ3v) is 4.54. The van der Waals surface area contributed by atoms with Crippen LogP contribution in [-0.2, 0) is 10.3 Å². The number of fused-ring (bicyclic) bond motifs is 2. The van der Waals surface area contributed by atoms with Crippen LogP contribution in [0.5, 0.6) is 0 Å². The monoisotopic (exact) mass is 263 g/mol. The first kappa shape index (κ1) is 12.6. The molecule has 0 radical (unpaired) electrons. The van der Waals surface area contributed by atoms with Crippen molar-refractivity contribution in [1.29, 1.82) is 0 Å². The third kappa shape index (κ3) is 2.26. The van der Waals surface area contributed by atoms with Crippen molar-refractivity contribution in [2.75, 3.05) is 0 Å². The van der Waals surface area contributed by atoms with Crippen LogP contribution >= 0.6 is 0 Å². The van der Waals surface area contributed by atoms with Crippen LogP contribution in [-0.4, -0.2) is 16.0 Å². The molecule has 1 amide bonds. The van der Waals surface area contributed by atoms with Gasteiger partial charge in [0.15, 0.2) is 5.82 Å². The fraction of sp³-hybridized carbons (Fsp3) is 0.786. The summed E-state index contributed by atoms with van der Waals surface area (Å²) in [4.78, 5) is 15.7. The van der Waals surface area contributed by atoms with Crippen LogP contribution in [0, 0.1) is 11.8 Å². The highest BCUT2D eigenvalue weighted by Gasteiger charge is 2.43. The Morgan fingerprint density at radius 1 is 1.37 bits per heavy atom. The second kappa shape index (κ2) is 4.32. The van der Waals surface area contributed by atoms with Gasteiger partial charge in [-0.3, -0.25) is 4.79 Å². The second-order valence-corrected chi connectivity index (χ2v) is 6.54. The van der Waals surface area contributed by atoms with Gasteiger partial charge in [0.25, 0.3) is 0 Å². The third-order valence-electron chi connectivity index (χ3n) is 4.54. The number of carbonyl (C=O) groups is 1. The first-order chi connectivity index (χ1) is 8.95. The van der Waals surface area contributed by atoms with Crippen molar-refractivity contribution >= 4 is 5.91 Å². The van der Waals surface area contributed by atoms with Crippen molar-refractivity contribution in [2.45, 2.75) is 57.9 Å². The molecular formula is C14H21N3O2. The number of aromatic nitrogens is 2. The van der Waals surface area contributed by atoms with Crippen molar-refractivity contribution in [1.82, 2.24) is 15.5 Å². The Bertz CT molecular complexity index is 495. The van der Waals surface area contributed by atoms with Gasteiger partial charge >= 0.3 is 0 Å². The van der Waals surface area contributed by atoms with Gasteiger partial charge in [-0.05, 0) is 44.9 Å². The molecule has 1 aromatic rings. The average molecular weight is 263 g/mol. The fourth-order valence-electron chi connectivity index (χ4n) is 3.68. The molecule has 2 aliphatic rings. The minimum atomic E-state index is -0.578. The maximum atomic E-state index is 11.2. The lowest BCUT2D eigenvalue weighted by atomic mass is 9.89. The largest absolute Gasteiger partial charge is 0.344 e. The molecular weight excluding hydrogens is 242 g/mol. The van der Waals surface area contributed by atoms with Crippen LogP contribution in [0.2, 0.25) is 0 Å². The number of hydrogen-bond acceptors (Lipinski definition) is 4. The van der Waals surface area contributed by atoms with E-state index < -0.39 is 5.54 Å². The van der Waals surface area contributed by atoms with Gasteiger partial charge in [0.1, 0.15) is 0 Å². The quantitative estimate of drug-likeness (QED) is 0.909. The van der Waals surface area contributed by atoms with Crippen molar-refractivity contribution in [2.24, 2.45) is 11.8 Å². The maximum absolute atomic E-state index is 11.2. The summed E-state index contributed by atoms with van der Waals surface area (Å²) >= 11 is 0. The van der Waals surface area contributed by atoms with Gasteiger partial charge in [-0.2, -0.15) is 4.98 Å². The first-order valence-electron chi connectivity index (χ1n) is 7.08. The lowest BCUT2D eigenvalue weighted by Crippen LogP contribution is -2.40. The second-order valence-electron chi connectivity index (χ2n) is 6.54. The van der Waals surface area contributed by atoms with Gasteiger partial charge in [0.05, 0.1) is 5.54 Å². The lowest BCUT2D eigenvalue weighted by Gasteiger charge is -2.21. The van der Waals surface area contributed by atoms with Gasteiger partial charge in [-0.15, -0.1) is 0 Å². The van der Waals surface area contributed by atoms with E-state index in [1.807, 2.05) is 13.8 Å². The van der Waals surface area contributed by atoms with Gasteiger partial charge in [0.2, 0.25) is 11.8 Å². The molecule has 0 aromatic carbocycles. The number of nitrogens with zero attached hydrogens (tertiary/aromatic N) is 2. The topological polar surface area (TPSA) is 68.0 Å². The van der Waals surface area contributed by atoms with Crippen molar-refractivity contribution in [3.63, 3.8) is 0 Å². The van der Waals surface area contributed by atoms with Crippen molar-refractivity contribution in [3.8, 4) is 0 Å². The van der Waals surface area contributed by atoms with Crippen LogP contribution in [0.15, 0.2) is 4.52 Å². The minimum Gasteiger partial charge on any atom is -0.344 e. The van der Waals surface area contributed by atoms with E-state index in [2.05, 4.69) is 15.5 Å². The Labute approximate surface area is 113 Å². The van der Waals surface area contributed by atoms with E-state index in [0.717, 1.165) is 17.7 Å². The molecule has 1 N–H and O–H groups in total. The summed E-state index contributed by atoms with van der Waals surface area (Å²) in [6.45, 7) is 5.28. The molecule has 2 bridgehead atoms. The number of hydrogen-bond donors (Lipinski definition) is 1. The Kier molecular flexibility index (Phi) is 2.87. The molecule has 2 saturated carbocycles. The Morgan fingerprint density at radius 3 is 2.74 bits per heavy atom. The van der Waals surface area contributed by atoms with Crippen LogP contribution < -0.4 is 5.32 Å². The predicted octanol–water partition coefficient (Wildman–Crippen LogP) is 2.34. The molecule has 19 heavy (non-hydrogen) atoms. The van der Waals surface area contributed by atoms with E-state index in [0.29, 0.717) is 11.7 Å². The minimum absolute atomic E-state index is 0.0868. The fourth-order valence-corrected chi connectivity index (χ4v) is 3.68. The summed E-state index contributed by atoms with van der Waals surface area (Å²) in [5.41, 5.74) is -0.578. The lowest BCUT2D eigenvalue weighted by molar-refractivity contribution is -0.120. The van der Waals surface area contributed by atoms with Gasteiger partial charge in [0, 0.05) is 12.8 Å². The van der Waals surface area contributed by atoms with Crippen molar-refractivity contribution < 1.29 is 9.32 Å². The van der Waals surface area contributed by atoms with Crippen LogP contribution in [0.3, 0.4) is 0 Å². The highest BCUT2D eigenvalue weighted by molar-refractivity contribution is 5.73. The molecule has 0 saturated heterocycles. The summed E-state index contributed by atoms with van der Waals surface area (Å²) in [6.07, 6.45) is 5.16. The molecule has 3 rings (SSSR count). The highest BCUT2D eigenvalue weighted by atomic mass is 16.5. The van der Waals surface area contributed by atoms with Gasteiger partial charge < -0.3 is 9.84 Å². The zero-order valence-electron chi connectivity index (χ0n) is 11.8. The van der Waals surface area contributed by atoms with Crippen LogP contribution in [0.1, 0.15) is 64.1 Å². The molecule has 5 heteroatoms. The van der Waals surface area contributed by atoms with E-state index >= 15 is 0 Å². The highest BCUT2D eigenvalue weighted by Crippen LogP contribution is 2.52. The van der Waals surface area contributed by atoms with Crippen molar-refractivity contribution in [3.05, 3.63) is 11.7 Å². The molecule has 0 aliphatic heterocycles. The molecule has 0 spiro atoms. The Morgan fingerprint density at radius 2 is 2.16 bits per heavy atom. The predicted molar refractivity (Wildman–Crippen MR) is 69.3 cm³/mol. The van der Waals surface area contributed by atoms with E-state index in [9.17, 15) is 4.79 Å². The van der Waals surface area contributed by atoms with E-state index in [-0.39, 0.29) is 5.91 Å². The standard InChI is InChI=1S/C14H21N3O2/c1-8(18)16-14(2,3)13-15-12(19-17-13)11-7-9-4-5-10(11)6-9/h9-11H,4-7H2,1-3H3,(H,16,18)/t9-,10-,11-/m0/s1. The smallest absolute Gasteiger partial charge is 0.230 e. The molecule has 0 unspecified atom stereocenters. The average Bonchev–Trinajstić information content (AvgIpc) is 3.03. The summed E-state index contributed by atoms with van der Waals surface area (Å²) < 4.78 is 5.46. The molecule has 2 fully saturated rings. The number of carbonyl (C=O) groups excluding carboxylic acids is 1. The van der Waals surface area contributed by atoms with Crippen LogP contribution in [0.25, 0.3) is 0 Å². The molecule has 1 heterocycles. The Hall–Kier alpha value is -1.39.